The zero-order valence-corrected chi connectivity index (χ0v) is 12.7. The van der Waals surface area contributed by atoms with Gasteiger partial charge in [0.25, 0.3) is 0 Å². The second kappa shape index (κ2) is 4.68. The molecule has 0 bridgehead atoms. The molecule has 0 aromatic heterocycles. The van der Waals surface area contributed by atoms with E-state index in [1.807, 2.05) is 6.26 Å². The first-order valence-corrected chi connectivity index (χ1v) is 8.07. The molecule has 1 nitrogen and oxygen atoms in total. The molecule has 0 aromatic carbocycles. The number of hydrogen-bond acceptors (Lipinski definition) is 1. The minimum atomic E-state index is 0.364. The van der Waals surface area contributed by atoms with Gasteiger partial charge in [0.15, 0.2) is 0 Å². The lowest BCUT2D eigenvalue weighted by atomic mass is 9.55. The normalized spacial score (nSPS) is 42.8. The fourth-order valence-corrected chi connectivity index (χ4v) is 4.42. The summed E-state index contributed by atoms with van der Waals surface area (Å²) in [5.74, 6) is 2.49. The van der Waals surface area contributed by atoms with Gasteiger partial charge in [-0.2, -0.15) is 0 Å². The molecule has 0 aromatic rings. The lowest BCUT2D eigenvalue weighted by Crippen LogP contribution is -2.42. The van der Waals surface area contributed by atoms with Gasteiger partial charge in [-0.15, -0.1) is 0 Å². The maximum Gasteiger partial charge on any atom is 0.0845 e. The van der Waals surface area contributed by atoms with Gasteiger partial charge in [0.1, 0.15) is 0 Å². The van der Waals surface area contributed by atoms with Crippen molar-refractivity contribution in [2.45, 2.75) is 52.9 Å². The van der Waals surface area contributed by atoms with Crippen molar-refractivity contribution < 1.29 is 4.74 Å². The number of hydrogen-bond donors (Lipinski definition) is 0. The van der Waals surface area contributed by atoms with Crippen LogP contribution in [0.3, 0.4) is 0 Å². The van der Waals surface area contributed by atoms with Gasteiger partial charge in [-0.1, -0.05) is 26.0 Å². The van der Waals surface area contributed by atoms with Crippen LogP contribution in [0.5, 0.6) is 0 Å². The summed E-state index contributed by atoms with van der Waals surface area (Å²) in [5.41, 5.74) is 0.822. The molecule has 0 spiro atoms. The number of allylic oxidation sites excluding steroid dienone is 3. The minimum Gasteiger partial charge on any atom is -0.502 e. The molecule has 3 aliphatic carbocycles. The van der Waals surface area contributed by atoms with Crippen molar-refractivity contribution in [3.63, 3.8) is 0 Å². The van der Waals surface area contributed by atoms with Crippen molar-refractivity contribution >= 4 is 0 Å². The first-order valence-electron chi connectivity index (χ1n) is 8.07. The summed E-state index contributed by atoms with van der Waals surface area (Å²) in [4.78, 5) is 0. The van der Waals surface area contributed by atoms with Gasteiger partial charge in [-0.05, 0) is 73.7 Å². The summed E-state index contributed by atoms with van der Waals surface area (Å²) in [5, 5.41) is 0. The topological polar surface area (TPSA) is 9.23 Å². The molecule has 106 valence electrons. The fourth-order valence-electron chi connectivity index (χ4n) is 4.42. The van der Waals surface area contributed by atoms with Crippen molar-refractivity contribution in [3.8, 4) is 0 Å². The molecule has 0 N–H and O–H groups in total. The third-order valence-corrected chi connectivity index (χ3v) is 5.92. The Balaban J connectivity index is 1.90. The molecule has 0 radical (unpaired) electrons. The molecular weight excluding hydrogens is 232 g/mol. The third-order valence-electron chi connectivity index (χ3n) is 5.92. The molecular formula is C18H28O. The Kier molecular flexibility index (Phi) is 3.27. The number of ether oxygens (including phenoxy) is 1. The molecule has 3 atom stereocenters. The van der Waals surface area contributed by atoms with E-state index in [9.17, 15) is 0 Å². The Bertz CT molecular complexity index is 388. The smallest absolute Gasteiger partial charge is 0.0845 e. The van der Waals surface area contributed by atoms with Crippen LogP contribution < -0.4 is 0 Å². The first kappa shape index (κ1) is 13.3. The quantitative estimate of drug-likeness (QED) is 0.502. The SMILES string of the molecule is CCOC=CC1C(C)(C2CC2)C=CCC1(C)C1CC1. The molecule has 2 fully saturated rings. The zero-order chi connectivity index (χ0) is 13.5. The highest BCUT2D eigenvalue weighted by molar-refractivity contribution is 5.22. The number of rotatable bonds is 5. The van der Waals surface area contributed by atoms with Crippen LogP contribution in [0.25, 0.3) is 0 Å². The van der Waals surface area contributed by atoms with E-state index in [0.717, 1.165) is 18.4 Å². The molecule has 0 saturated heterocycles. The van der Waals surface area contributed by atoms with Gasteiger partial charge in [0.2, 0.25) is 0 Å². The van der Waals surface area contributed by atoms with Gasteiger partial charge < -0.3 is 4.74 Å². The standard InChI is InChI=1S/C18H28O/c1-4-19-13-10-16-17(2,14-6-7-14)11-5-12-18(16,3)15-8-9-15/h5,10-11,13-16H,4,6-9,12H2,1-3H3. The molecule has 3 rings (SSSR count). The monoisotopic (exact) mass is 260 g/mol. The van der Waals surface area contributed by atoms with Crippen LogP contribution in [-0.2, 0) is 4.74 Å². The summed E-state index contributed by atoms with van der Waals surface area (Å²) in [6.45, 7) is 7.85. The van der Waals surface area contributed by atoms with E-state index in [-0.39, 0.29) is 0 Å². The van der Waals surface area contributed by atoms with Crippen molar-refractivity contribution in [1.29, 1.82) is 0 Å². The van der Waals surface area contributed by atoms with Gasteiger partial charge in [0, 0.05) is 0 Å². The fraction of sp³-hybridized carbons (Fsp3) is 0.778. The van der Waals surface area contributed by atoms with Crippen LogP contribution >= 0.6 is 0 Å². The predicted octanol–water partition coefficient (Wildman–Crippen LogP) is 4.95. The van der Waals surface area contributed by atoms with E-state index in [4.69, 9.17) is 4.74 Å². The Morgan fingerprint density at radius 2 is 1.84 bits per heavy atom. The van der Waals surface area contributed by atoms with Crippen molar-refractivity contribution in [2.75, 3.05) is 6.61 Å². The first-order chi connectivity index (χ1) is 9.11. The lowest BCUT2D eigenvalue weighted by molar-refractivity contribution is 0.0670. The highest BCUT2D eigenvalue weighted by atomic mass is 16.5. The predicted molar refractivity (Wildman–Crippen MR) is 79.7 cm³/mol. The minimum absolute atomic E-state index is 0.364. The molecule has 3 aliphatic rings. The van der Waals surface area contributed by atoms with Crippen molar-refractivity contribution in [2.24, 2.45) is 28.6 Å². The summed E-state index contributed by atoms with van der Waals surface area (Å²) in [6, 6.07) is 0. The van der Waals surface area contributed by atoms with Crippen LogP contribution in [0, 0.1) is 28.6 Å². The Morgan fingerprint density at radius 1 is 1.16 bits per heavy atom. The van der Waals surface area contributed by atoms with Crippen LogP contribution in [0.2, 0.25) is 0 Å². The van der Waals surface area contributed by atoms with E-state index in [1.54, 1.807) is 0 Å². The molecule has 2 saturated carbocycles. The average Bonchev–Trinajstić information content (AvgIpc) is 3.25. The molecule has 1 heteroatoms. The highest BCUT2D eigenvalue weighted by Crippen LogP contribution is 2.64. The summed E-state index contributed by atoms with van der Waals surface area (Å²) >= 11 is 0. The van der Waals surface area contributed by atoms with E-state index < -0.39 is 0 Å². The summed E-state index contributed by atoms with van der Waals surface area (Å²) in [7, 11) is 0. The molecule has 19 heavy (non-hydrogen) atoms. The molecule has 0 aliphatic heterocycles. The van der Waals surface area contributed by atoms with E-state index in [0.29, 0.717) is 16.7 Å². The third kappa shape index (κ3) is 2.26. The van der Waals surface area contributed by atoms with Crippen LogP contribution in [0.1, 0.15) is 52.9 Å². The summed E-state index contributed by atoms with van der Waals surface area (Å²) in [6.07, 6.45) is 16.3. The molecule has 0 heterocycles. The van der Waals surface area contributed by atoms with E-state index in [1.165, 1.54) is 32.1 Å². The maximum absolute atomic E-state index is 5.52. The van der Waals surface area contributed by atoms with Crippen molar-refractivity contribution in [3.05, 3.63) is 24.5 Å². The average molecular weight is 260 g/mol. The zero-order valence-electron chi connectivity index (χ0n) is 12.7. The largest absolute Gasteiger partial charge is 0.502 e. The Morgan fingerprint density at radius 3 is 2.42 bits per heavy atom. The lowest BCUT2D eigenvalue weighted by Gasteiger charge is -2.49. The van der Waals surface area contributed by atoms with Gasteiger partial charge in [-0.3, -0.25) is 0 Å². The van der Waals surface area contributed by atoms with Gasteiger partial charge in [0.05, 0.1) is 12.9 Å². The second-order valence-electron chi connectivity index (χ2n) is 7.29. The Labute approximate surface area is 118 Å². The van der Waals surface area contributed by atoms with Gasteiger partial charge in [-0.25, -0.2) is 0 Å². The highest BCUT2D eigenvalue weighted by Gasteiger charge is 2.56. The van der Waals surface area contributed by atoms with Gasteiger partial charge >= 0.3 is 0 Å². The molecule has 0 amide bonds. The van der Waals surface area contributed by atoms with E-state index in [2.05, 4.69) is 39.0 Å². The summed E-state index contributed by atoms with van der Waals surface area (Å²) < 4.78 is 5.52. The van der Waals surface area contributed by atoms with Crippen molar-refractivity contribution in [1.82, 2.24) is 0 Å². The maximum atomic E-state index is 5.52. The van der Waals surface area contributed by atoms with Crippen LogP contribution in [-0.4, -0.2) is 6.61 Å². The van der Waals surface area contributed by atoms with Crippen LogP contribution in [0.4, 0.5) is 0 Å². The Hall–Kier alpha value is -0.720. The second-order valence-corrected chi connectivity index (χ2v) is 7.29. The molecule has 3 unspecified atom stereocenters. The van der Waals surface area contributed by atoms with Crippen LogP contribution in [0.15, 0.2) is 24.5 Å². The van der Waals surface area contributed by atoms with E-state index >= 15 is 0 Å².